The van der Waals surface area contributed by atoms with Gasteiger partial charge in [0.1, 0.15) is 18.1 Å². The smallest absolute Gasteiger partial charge is 0.261 e. The van der Waals surface area contributed by atoms with Gasteiger partial charge in [-0.15, -0.1) is 0 Å². The second-order valence-corrected chi connectivity index (χ2v) is 9.54. The number of ether oxygens (including phenoxy) is 2. The first-order chi connectivity index (χ1) is 15.3. The minimum absolute atomic E-state index is 0.194. The number of fused-ring (bicyclic) bond motifs is 1. The van der Waals surface area contributed by atoms with E-state index >= 15 is 0 Å². The summed E-state index contributed by atoms with van der Waals surface area (Å²) >= 11 is 0. The van der Waals surface area contributed by atoms with E-state index in [1.165, 1.54) is 26.2 Å². The van der Waals surface area contributed by atoms with Crippen molar-refractivity contribution in [2.24, 2.45) is 0 Å². The van der Waals surface area contributed by atoms with Crippen molar-refractivity contribution in [2.45, 2.75) is 24.3 Å². The number of nitrogens with one attached hydrogen (secondary N) is 1. The van der Waals surface area contributed by atoms with Crippen LogP contribution < -0.4 is 14.8 Å². The maximum Gasteiger partial charge on any atom is 0.261 e. The van der Waals surface area contributed by atoms with Crippen molar-refractivity contribution < 1.29 is 22.7 Å². The van der Waals surface area contributed by atoms with Gasteiger partial charge in [0.05, 0.1) is 11.4 Å². The average molecular weight is 457 g/mol. The van der Waals surface area contributed by atoms with Crippen LogP contribution in [0.15, 0.2) is 71.6 Å². The van der Waals surface area contributed by atoms with Crippen LogP contribution in [0.5, 0.6) is 11.5 Å². The molecule has 0 aromatic heterocycles. The predicted molar refractivity (Wildman–Crippen MR) is 124 cm³/mol. The Kier molecular flexibility index (Phi) is 7.71. The Morgan fingerprint density at radius 1 is 1.00 bits per heavy atom. The summed E-state index contributed by atoms with van der Waals surface area (Å²) in [5.41, 5.74) is 0. The summed E-state index contributed by atoms with van der Waals surface area (Å²) in [7, 11) is -0.511. The summed E-state index contributed by atoms with van der Waals surface area (Å²) in [5, 5.41) is 4.85. The molecule has 3 aromatic carbocycles. The van der Waals surface area contributed by atoms with E-state index in [0.717, 1.165) is 15.1 Å². The number of amides is 1. The molecule has 0 bridgehead atoms. The first-order valence-electron chi connectivity index (χ1n) is 10.4. The normalized spacial score (nSPS) is 12.5. The molecule has 1 amide bonds. The molecule has 3 aromatic rings. The zero-order valence-electron chi connectivity index (χ0n) is 18.4. The van der Waals surface area contributed by atoms with Crippen LogP contribution in [0.2, 0.25) is 0 Å². The van der Waals surface area contributed by atoms with Crippen LogP contribution >= 0.6 is 0 Å². The maximum atomic E-state index is 12.6. The minimum Gasteiger partial charge on any atom is -0.492 e. The standard InChI is InChI=1S/C24H28N2O5S/c1-4-22(31-23-11-7-9-18-8-5-6-10-21(18)23)24(27)25-16-17-30-19-12-14-20(15-13-19)32(28,29)26(2)3/h5-15,22H,4,16-17H2,1-3H3,(H,25,27)/t22-/m0/s1. The van der Waals surface area contributed by atoms with Crippen LogP contribution in [0.4, 0.5) is 0 Å². The van der Waals surface area contributed by atoms with Gasteiger partial charge in [-0.2, -0.15) is 0 Å². The number of hydrogen-bond donors (Lipinski definition) is 1. The average Bonchev–Trinajstić information content (AvgIpc) is 2.80. The molecule has 0 fully saturated rings. The molecule has 32 heavy (non-hydrogen) atoms. The number of carbonyl (C=O) groups is 1. The van der Waals surface area contributed by atoms with E-state index in [1.54, 1.807) is 12.1 Å². The summed E-state index contributed by atoms with van der Waals surface area (Å²) in [5.74, 6) is 0.988. The van der Waals surface area contributed by atoms with E-state index < -0.39 is 16.1 Å². The predicted octanol–water partition coefficient (Wildman–Crippen LogP) is 3.44. The lowest BCUT2D eigenvalue weighted by atomic mass is 10.1. The van der Waals surface area contributed by atoms with Crippen molar-refractivity contribution in [1.82, 2.24) is 9.62 Å². The summed E-state index contributed by atoms with van der Waals surface area (Å²) in [6.07, 6.45) is -0.0890. The third-order valence-electron chi connectivity index (χ3n) is 4.95. The minimum atomic E-state index is -3.48. The first kappa shape index (κ1) is 23.6. The Balaban J connectivity index is 1.51. The Morgan fingerprint density at radius 2 is 1.69 bits per heavy atom. The highest BCUT2D eigenvalue weighted by molar-refractivity contribution is 7.89. The van der Waals surface area contributed by atoms with Gasteiger partial charge >= 0.3 is 0 Å². The van der Waals surface area contributed by atoms with Gasteiger partial charge in [-0.1, -0.05) is 43.3 Å². The van der Waals surface area contributed by atoms with E-state index in [1.807, 2.05) is 49.4 Å². The van der Waals surface area contributed by atoms with Crippen LogP contribution in [0.25, 0.3) is 10.8 Å². The van der Waals surface area contributed by atoms with Crippen molar-refractivity contribution in [2.75, 3.05) is 27.2 Å². The third-order valence-corrected chi connectivity index (χ3v) is 6.78. The van der Waals surface area contributed by atoms with Crippen LogP contribution in [0.3, 0.4) is 0 Å². The molecule has 3 rings (SSSR count). The molecule has 7 nitrogen and oxygen atoms in total. The number of rotatable bonds is 10. The van der Waals surface area contributed by atoms with Crippen LogP contribution in [0, 0.1) is 0 Å². The molecule has 0 aliphatic carbocycles. The highest BCUT2D eigenvalue weighted by atomic mass is 32.2. The fourth-order valence-electron chi connectivity index (χ4n) is 3.15. The fourth-order valence-corrected chi connectivity index (χ4v) is 4.05. The topological polar surface area (TPSA) is 84.9 Å². The van der Waals surface area contributed by atoms with Crippen LogP contribution in [-0.4, -0.2) is 52.0 Å². The summed E-state index contributed by atoms with van der Waals surface area (Å²) < 4.78 is 37.0. The van der Waals surface area contributed by atoms with Crippen molar-refractivity contribution in [1.29, 1.82) is 0 Å². The van der Waals surface area contributed by atoms with Gasteiger partial charge in [-0.3, -0.25) is 4.79 Å². The lowest BCUT2D eigenvalue weighted by Crippen LogP contribution is -2.39. The highest BCUT2D eigenvalue weighted by Gasteiger charge is 2.19. The summed E-state index contributed by atoms with van der Waals surface area (Å²) in [6.45, 7) is 2.44. The lowest BCUT2D eigenvalue weighted by Gasteiger charge is -2.18. The number of sulfonamides is 1. The third kappa shape index (κ3) is 5.57. The van der Waals surface area contributed by atoms with E-state index in [9.17, 15) is 13.2 Å². The molecule has 8 heteroatoms. The van der Waals surface area contributed by atoms with E-state index in [4.69, 9.17) is 9.47 Å². The van der Waals surface area contributed by atoms with Crippen molar-refractivity contribution in [3.05, 3.63) is 66.7 Å². The molecular formula is C24H28N2O5S. The maximum absolute atomic E-state index is 12.6. The Labute approximate surface area is 189 Å². The molecule has 0 unspecified atom stereocenters. The van der Waals surface area contributed by atoms with Crippen molar-refractivity contribution >= 4 is 26.7 Å². The quantitative estimate of drug-likeness (QED) is 0.473. The molecule has 1 N–H and O–H groups in total. The number of benzene rings is 3. The van der Waals surface area contributed by atoms with Crippen LogP contribution in [0.1, 0.15) is 13.3 Å². The molecule has 0 saturated heterocycles. The Morgan fingerprint density at radius 3 is 2.38 bits per heavy atom. The van der Waals surface area contributed by atoms with Gasteiger partial charge in [0.2, 0.25) is 10.0 Å². The van der Waals surface area contributed by atoms with Gasteiger partial charge in [-0.05, 0) is 42.1 Å². The van der Waals surface area contributed by atoms with Gasteiger partial charge in [0, 0.05) is 19.5 Å². The molecule has 0 radical (unpaired) electrons. The summed E-state index contributed by atoms with van der Waals surface area (Å²) in [6, 6.07) is 19.8. The monoisotopic (exact) mass is 456 g/mol. The Hall–Kier alpha value is -3.10. The van der Waals surface area contributed by atoms with Crippen LogP contribution in [-0.2, 0) is 14.8 Å². The van der Waals surface area contributed by atoms with E-state index in [2.05, 4.69) is 5.32 Å². The number of nitrogens with zero attached hydrogens (tertiary/aromatic N) is 1. The van der Waals surface area contributed by atoms with Gasteiger partial charge < -0.3 is 14.8 Å². The zero-order chi connectivity index (χ0) is 23.1. The van der Waals surface area contributed by atoms with Crippen molar-refractivity contribution in [3.8, 4) is 11.5 Å². The highest BCUT2D eigenvalue weighted by Crippen LogP contribution is 2.26. The molecule has 0 aliphatic rings. The van der Waals surface area contributed by atoms with Gasteiger partial charge in [-0.25, -0.2) is 12.7 Å². The van der Waals surface area contributed by atoms with Crippen molar-refractivity contribution in [3.63, 3.8) is 0 Å². The first-order valence-corrected chi connectivity index (χ1v) is 11.8. The molecular weight excluding hydrogens is 428 g/mol. The fraction of sp³-hybridized carbons (Fsp3) is 0.292. The molecule has 170 valence electrons. The SMILES string of the molecule is CC[C@H](Oc1cccc2ccccc12)C(=O)NCCOc1ccc(S(=O)(=O)N(C)C)cc1. The molecule has 0 saturated carbocycles. The molecule has 0 spiro atoms. The largest absolute Gasteiger partial charge is 0.492 e. The molecule has 0 heterocycles. The van der Waals surface area contributed by atoms with Gasteiger partial charge in [0.25, 0.3) is 5.91 Å². The Bertz CT molecular complexity index is 1160. The molecule has 0 aliphatic heterocycles. The second-order valence-electron chi connectivity index (χ2n) is 7.39. The summed E-state index contributed by atoms with van der Waals surface area (Å²) in [4.78, 5) is 12.8. The number of carbonyl (C=O) groups excluding carboxylic acids is 1. The zero-order valence-corrected chi connectivity index (χ0v) is 19.3. The van der Waals surface area contributed by atoms with Gasteiger partial charge in [0.15, 0.2) is 6.10 Å². The lowest BCUT2D eigenvalue weighted by molar-refractivity contribution is -0.128. The second kappa shape index (κ2) is 10.5. The number of hydrogen-bond acceptors (Lipinski definition) is 5. The molecule has 1 atom stereocenters. The van der Waals surface area contributed by atoms with E-state index in [0.29, 0.717) is 24.5 Å². The van der Waals surface area contributed by atoms with E-state index in [-0.39, 0.29) is 17.4 Å².